The van der Waals surface area contributed by atoms with Gasteiger partial charge in [0.15, 0.2) is 0 Å². The molecule has 2 aromatic carbocycles. The molecule has 0 spiro atoms. The van der Waals surface area contributed by atoms with Gasteiger partial charge in [0.1, 0.15) is 18.2 Å². The molecule has 0 amide bonds. The van der Waals surface area contributed by atoms with Gasteiger partial charge in [-0.3, -0.25) is 0 Å². The second-order valence-corrected chi connectivity index (χ2v) is 7.49. The second-order valence-electron chi connectivity index (χ2n) is 4.16. The molecule has 0 heterocycles. The van der Waals surface area contributed by atoms with Crippen LogP contribution in [-0.2, 0) is 16.6 Å². The van der Waals surface area contributed by atoms with Gasteiger partial charge < -0.3 is 4.74 Å². The zero-order valence-electron chi connectivity index (χ0n) is 10.5. The summed E-state index contributed by atoms with van der Waals surface area (Å²) in [6, 6.07) is 8.66. The normalized spacial score (nSPS) is 11.4. The lowest BCUT2D eigenvalue weighted by atomic mass is 10.2. The van der Waals surface area contributed by atoms with Crippen LogP contribution in [-0.4, -0.2) is 8.42 Å². The number of ether oxygens (including phenoxy) is 1. The molecule has 0 bridgehead atoms. The van der Waals surface area contributed by atoms with E-state index in [9.17, 15) is 12.8 Å². The number of benzene rings is 2. The summed E-state index contributed by atoms with van der Waals surface area (Å²) >= 11 is 6.45. The number of rotatable bonds is 4. The van der Waals surface area contributed by atoms with E-state index < -0.39 is 10.0 Å². The molecule has 0 saturated heterocycles. The van der Waals surface area contributed by atoms with Crippen LogP contribution < -0.4 is 9.88 Å². The van der Waals surface area contributed by atoms with Crippen molar-refractivity contribution in [1.82, 2.24) is 0 Å². The zero-order chi connectivity index (χ0) is 15.6. The summed E-state index contributed by atoms with van der Waals surface area (Å²) in [5, 5.41) is 5.03. The standard InChI is InChI=1S/C13H10Br2FNO3S/c14-9-1-3-12(16)8(5-9)7-20-13-4-2-10(6-11(13)15)21(17,18)19/h1-6H,7H2,(H2,17,18,19). The molecule has 2 rings (SSSR count). The predicted molar refractivity (Wildman–Crippen MR) is 83.9 cm³/mol. The van der Waals surface area contributed by atoms with E-state index in [-0.39, 0.29) is 17.3 Å². The van der Waals surface area contributed by atoms with Crippen LogP contribution in [0.3, 0.4) is 0 Å². The first-order valence-electron chi connectivity index (χ1n) is 5.66. The van der Waals surface area contributed by atoms with Crippen molar-refractivity contribution >= 4 is 41.9 Å². The lowest BCUT2D eigenvalue weighted by molar-refractivity contribution is 0.297. The average molecular weight is 439 g/mol. The van der Waals surface area contributed by atoms with E-state index in [0.29, 0.717) is 15.8 Å². The highest BCUT2D eigenvalue weighted by atomic mass is 79.9. The SMILES string of the molecule is NS(=O)(=O)c1ccc(OCc2cc(Br)ccc2F)c(Br)c1. The quantitative estimate of drug-likeness (QED) is 0.793. The molecular formula is C13H10Br2FNO3S. The van der Waals surface area contributed by atoms with E-state index in [4.69, 9.17) is 9.88 Å². The predicted octanol–water partition coefficient (Wildman–Crippen LogP) is 3.58. The molecular weight excluding hydrogens is 429 g/mol. The molecule has 8 heteroatoms. The highest BCUT2D eigenvalue weighted by Gasteiger charge is 2.12. The molecule has 21 heavy (non-hydrogen) atoms. The topological polar surface area (TPSA) is 69.4 Å². The minimum Gasteiger partial charge on any atom is -0.488 e. The fourth-order valence-corrected chi connectivity index (χ4v) is 3.18. The third-order valence-corrected chi connectivity index (χ3v) is 4.65. The Balaban J connectivity index is 2.19. The van der Waals surface area contributed by atoms with Gasteiger partial charge in [0.05, 0.1) is 9.37 Å². The minimum absolute atomic E-state index is 0.0125. The summed E-state index contributed by atoms with van der Waals surface area (Å²) in [5.74, 6) is 0.0113. The van der Waals surface area contributed by atoms with E-state index in [0.717, 1.165) is 4.47 Å². The molecule has 0 aliphatic carbocycles. The van der Waals surface area contributed by atoms with Crippen molar-refractivity contribution in [3.8, 4) is 5.75 Å². The van der Waals surface area contributed by atoms with Crippen molar-refractivity contribution in [1.29, 1.82) is 0 Å². The van der Waals surface area contributed by atoms with Crippen molar-refractivity contribution in [2.24, 2.45) is 5.14 Å². The molecule has 2 N–H and O–H groups in total. The van der Waals surface area contributed by atoms with Gasteiger partial charge in [-0.1, -0.05) is 15.9 Å². The molecule has 0 aliphatic heterocycles. The van der Waals surface area contributed by atoms with Gasteiger partial charge in [-0.2, -0.15) is 0 Å². The monoisotopic (exact) mass is 437 g/mol. The molecule has 0 aliphatic rings. The van der Waals surface area contributed by atoms with E-state index in [1.165, 1.54) is 24.3 Å². The fourth-order valence-electron chi connectivity index (χ4n) is 1.59. The maximum atomic E-state index is 13.6. The van der Waals surface area contributed by atoms with Gasteiger partial charge in [-0.15, -0.1) is 0 Å². The first-order chi connectivity index (χ1) is 9.77. The van der Waals surface area contributed by atoms with Crippen molar-refractivity contribution < 1.29 is 17.5 Å². The van der Waals surface area contributed by atoms with Crippen molar-refractivity contribution in [3.63, 3.8) is 0 Å². The Kier molecular flexibility index (Phi) is 5.03. The summed E-state index contributed by atoms with van der Waals surface area (Å²) in [7, 11) is -3.77. The Morgan fingerprint density at radius 2 is 1.86 bits per heavy atom. The summed E-state index contributed by atoms with van der Waals surface area (Å²) in [6.45, 7) is 0.0125. The first kappa shape index (κ1) is 16.4. The van der Waals surface area contributed by atoms with Gasteiger partial charge >= 0.3 is 0 Å². The lowest BCUT2D eigenvalue weighted by Crippen LogP contribution is -2.12. The van der Waals surface area contributed by atoms with Crippen molar-refractivity contribution in [2.75, 3.05) is 0 Å². The minimum atomic E-state index is -3.77. The van der Waals surface area contributed by atoms with Crippen LogP contribution in [0.5, 0.6) is 5.75 Å². The van der Waals surface area contributed by atoms with Crippen LogP contribution >= 0.6 is 31.9 Å². The maximum Gasteiger partial charge on any atom is 0.238 e. The van der Waals surface area contributed by atoms with Crippen LogP contribution in [0.25, 0.3) is 0 Å². The van der Waals surface area contributed by atoms with E-state index in [1.807, 2.05) is 0 Å². The van der Waals surface area contributed by atoms with E-state index in [2.05, 4.69) is 31.9 Å². The smallest absolute Gasteiger partial charge is 0.238 e. The summed E-state index contributed by atoms with van der Waals surface area (Å²) in [6.07, 6.45) is 0. The van der Waals surface area contributed by atoms with Gasteiger partial charge in [0.2, 0.25) is 10.0 Å². The van der Waals surface area contributed by atoms with Gasteiger partial charge in [-0.05, 0) is 52.3 Å². The molecule has 0 atom stereocenters. The number of halogens is 3. The van der Waals surface area contributed by atoms with E-state index in [1.54, 1.807) is 12.1 Å². The fraction of sp³-hybridized carbons (Fsp3) is 0.0769. The molecule has 4 nitrogen and oxygen atoms in total. The first-order valence-corrected chi connectivity index (χ1v) is 8.79. The van der Waals surface area contributed by atoms with Crippen LogP contribution in [0, 0.1) is 5.82 Å². The second kappa shape index (κ2) is 6.43. The molecule has 0 unspecified atom stereocenters. The number of hydrogen-bond acceptors (Lipinski definition) is 3. The van der Waals surface area contributed by atoms with Crippen LogP contribution in [0.15, 0.2) is 50.2 Å². The lowest BCUT2D eigenvalue weighted by Gasteiger charge is -2.10. The van der Waals surface area contributed by atoms with Crippen LogP contribution in [0.4, 0.5) is 4.39 Å². The Morgan fingerprint density at radius 1 is 1.14 bits per heavy atom. The number of sulfonamides is 1. The average Bonchev–Trinajstić information content (AvgIpc) is 2.40. The molecule has 112 valence electrons. The van der Waals surface area contributed by atoms with Gasteiger partial charge in [-0.25, -0.2) is 17.9 Å². The third kappa shape index (κ3) is 4.26. The number of hydrogen-bond donors (Lipinski definition) is 1. The number of primary sulfonamides is 1. The maximum absolute atomic E-state index is 13.6. The summed E-state index contributed by atoms with van der Waals surface area (Å²) in [5.41, 5.74) is 0.381. The van der Waals surface area contributed by atoms with Crippen molar-refractivity contribution in [3.05, 3.63) is 56.7 Å². The zero-order valence-corrected chi connectivity index (χ0v) is 14.5. The van der Waals surface area contributed by atoms with Crippen molar-refractivity contribution in [2.45, 2.75) is 11.5 Å². The molecule has 0 aromatic heterocycles. The Morgan fingerprint density at radius 3 is 2.48 bits per heavy atom. The van der Waals surface area contributed by atoms with Crippen LogP contribution in [0.1, 0.15) is 5.56 Å². The third-order valence-electron chi connectivity index (χ3n) is 2.62. The molecule has 0 fully saturated rings. The highest BCUT2D eigenvalue weighted by molar-refractivity contribution is 9.10. The Bertz CT molecular complexity index is 781. The summed E-state index contributed by atoms with van der Waals surface area (Å²) in [4.78, 5) is -0.0321. The van der Waals surface area contributed by atoms with E-state index >= 15 is 0 Å². The number of nitrogens with two attached hydrogens (primary N) is 1. The largest absolute Gasteiger partial charge is 0.488 e. The Labute approximate surface area is 138 Å². The Hall–Kier alpha value is -0.960. The molecule has 0 radical (unpaired) electrons. The van der Waals surface area contributed by atoms with Crippen LogP contribution in [0.2, 0.25) is 0 Å². The summed E-state index contributed by atoms with van der Waals surface area (Å²) < 4.78 is 42.7. The van der Waals surface area contributed by atoms with Gasteiger partial charge in [0, 0.05) is 10.0 Å². The molecule has 0 saturated carbocycles. The van der Waals surface area contributed by atoms with Gasteiger partial charge in [0.25, 0.3) is 0 Å². The highest BCUT2D eigenvalue weighted by Crippen LogP contribution is 2.28. The molecule has 2 aromatic rings.